The van der Waals surface area contributed by atoms with E-state index in [0.717, 1.165) is 13.1 Å². The fraction of sp³-hybridized carbons (Fsp3) is 0.867. The van der Waals surface area contributed by atoms with Crippen molar-refractivity contribution in [3.8, 4) is 0 Å². The van der Waals surface area contributed by atoms with Crippen LogP contribution in [0.2, 0.25) is 0 Å². The quantitative estimate of drug-likeness (QED) is 0.829. The fourth-order valence-corrected chi connectivity index (χ4v) is 2.63. The van der Waals surface area contributed by atoms with Crippen molar-refractivity contribution in [3.05, 3.63) is 0 Å². The summed E-state index contributed by atoms with van der Waals surface area (Å²) in [4.78, 5) is 25.7. The molecule has 0 bridgehead atoms. The number of amides is 1. The summed E-state index contributed by atoms with van der Waals surface area (Å²) in [7, 11) is 0. The zero-order valence-corrected chi connectivity index (χ0v) is 12.6. The second-order valence-corrected chi connectivity index (χ2v) is 5.94. The third-order valence-corrected chi connectivity index (χ3v) is 3.74. The first-order chi connectivity index (χ1) is 9.00. The van der Waals surface area contributed by atoms with Crippen molar-refractivity contribution in [1.82, 2.24) is 10.2 Å². The molecular formula is C15H28N2O2. The maximum Gasteiger partial charge on any atom is 0.234 e. The van der Waals surface area contributed by atoms with Gasteiger partial charge < -0.3 is 5.32 Å². The summed E-state index contributed by atoms with van der Waals surface area (Å²) in [5.41, 5.74) is 0. The number of Topliss-reactive ketones (excluding diaryl/α,β-unsaturated/α-hetero) is 1. The molecule has 1 rings (SSSR count). The first-order valence-electron chi connectivity index (χ1n) is 7.53. The van der Waals surface area contributed by atoms with Crippen LogP contribution < -0.4 is 5.32 Å². The van der Waals surface area contributed by atoms with Gasteiger partial charge >= 0.3 is 0 Å². The Morgan fingerprint density at radius 3 is 2.05 bits per heavy atom. The second kappa shape index (κ2) is 8.31. The summed E-state index contributed by atoms with van der Waals surface area (Å²) in [5.74, 6) is 0.166. The van der Waals surface area contributed by atoms with Crippen LogP contribution in [0.3, 0.4) is 0 Å². The maximum absolute atomic E-state index is 12.0. The van der Waals surface area contributed by atoms with Gasteiger partial charge in [-0.25, -0.2) is 0 Å². The van der Waals surface area contributed by atoms with Gasteiger partial charge in [0.15, 0.2) is 5.78 Å². The number of hydrogen-bond acceptors (Lipinski definition) is 3. The zero-order chi connectivity index (χ0) is 14.3. The molecule has 0 spiro atoms. The van der Waals surface area contributed by atoms with Gasteiger partial charge in [-0.15, -0.1) is 0 Å². The Morgan fingerprint density at radius 2 is 1.58 bits per heavy atom. The minimum Gasteiger partial charge on any atom is -0.345 e. The summed E-state index contributed by atoms with van der Waals surface area (Å²) in [5, 5.41) is 2.87. The molecule has 1 aliphatic rings. The Bertz CT molecular complexity index is 295. The third-order valence-electron chi connectivity index (χ3n) is 3.74. The molecule has 1 saturated heterocycles. The van der Waals surface area contributed by atoms with Gasteiger partial charge in [-0.3, -0.25) is 14.5 Å². The van der Waals surface area contributed by atoms with Crippen molar-refractivity contribution < 1.29 is 9.59 Å². The molecule has 1 heterocycles. The summed E-state index contributed by atoms with van der Waals surface area (Å²) in [6.07, 6.45) is 6.20. The van der Waals surface area contributed by atoms with Crippen LogP contribution in [0.25, 0.3) is 0 Å². The van der Waals surface area contributed by atoms with Crippen molar-refractivity contribution in [2.75, 3.05) is 19.6 Å². The van der Waals surface area contributed by atoms with Crippen LogP contribution in [0.15, 0.2) is 0 Å². The average molecular weight is 268 g/mol. The van der Waals surface area contributed by atoms with Gasteiger partial charge in [0.25, 0.3) is 0 Å². The molecule has 0 aromatic rings. The van der Waals surface area contributed by atoms with E-state index >= 15 is 0 Å². The van der Waals surface area contributed by atoms with E-state index < -0.39 is 0 Å². The molecule has 0 saturated carbocycles. The van der Waals surface area contributed by atoms with Crippen molar-refractivity contribution in [3.63, 3.8) is 0 Å². The Morgan fingerprint density at radius 1 is 1.05 bits per heavy atom. The molecule has 1 amide bonds. The topological polar surface area (TPSA) is 49.4 Å². The van der Waals surface area contributed by atoms with Crippen LogP contribution in [0.4, 0.5) is 0 Å². The van der Waals surface area contributed by atoms with Gasteiger partial charge in [-0.2, -0.15) is 0 Å². The molecule has 0 aliphatic carbocycles. The molecule has 0 aromatic heterocycles. The number of ketones is 1. The summed E-state index contributed by atoms with van der Waals surface area (Å²) < 4.78 is 0. The normalized spacial score (nSPS) is 19.6. The van der Waals surface area contributed by atoms with Crippen LogP contribution in [-0.2, 0) is 9.59 Å². The maximum atomic E-state index is 12.0. The van der Waals surface area contributed by atoms with E-state index in [2.05, 4.69) is 10.2 Å². The lowest BCUT2D eigenvalue weighted by Gasteiger charge is -2.26. The van der Waals surface area contributed by atoms with Crippen LogP contribution in [0, 0.1) is 5.92 Å². The van der Waals surface area contributed by atoms with Gasteiger partial charge in [0, 0.05) is 0 Å². The molecule has 1 atom stereocenters. The first-order valence-corrected chi connectivity index (χ1v) is 7.53. The van der Waals surface area contributed by atoms with E-state index in [1.165, 1.54) is 32.1 Å². The molecule has 0 radical (unpaired) electrons. The summed E-state index contributed by atoms with van der Waals surface area (Å²) in [6.45, 7) is 7.89. The minimum absolute atomic E-state index is 0.0190. The summed E-state index contributed by atoms with van der Waals surface area (Å²) >= 11 is 0. The molecule has 1 unspecified atom stereocenters. The third kappa shape index (κ3) is 6.19. The molecule has 1 N–H and O–H groups in total. The van der Waals surface area contributed by atoms with Crippen LogP contribution in [0.5, 0.6) is 0 Å². The lowest BCUT2D eigenvalue weighted by atomic mass is 10.0. The highest BCUT2D eigenvalue weighted by atomic mass is 16.2. The molecule has 4 heteroatoms. The van der Waals surface area contributed by atoms with Crippen LogP contribution in [0.1, 0.15) is 52.9 Å². The molecule has 1 fully saturated rings. The van der Waals surface area contributed by atoms with Gasteiger partial charge in [-0.1, -0.05) is 33.1 Å². The van der Waals surface area contributed by atoms with Crippen LogP contribution >= 0.6 is 0 Å². The smallest absolute Gasteiger partial charge is 0.234 e. The minimum atomic E-state index is -0.345. The highest BCUT2D eigenvalue weighted by Crippen LogP contribution is 2.10. The van der Waals surface area contributed by atoms with E-state index in [1.807, 2.05) is 13.8 Å². The standard InChI is InChI=1S/C15H28N2O2/c1-12(2)15(13(3)18)16-14(19)11-17-9-7-5-4-6-8-10-17/h12,15H,4-11H2,1-3H3,(H,16,19). The number of hydrogen-bond donors (Lipinski definition) is 1. The van der Waals surface area contributed by atoms with Crippen LogP contribution in [-0.4, -0.2) is 42.3 Å². The lowest BCUT2D eigenvalue weighted by molar-refractivity contribution is -0.128. The highest BCUT2D eigenvalue weighted by Gasteiger charge is 2.21. The van der Waals surface area contributed by atoms with E-state index in [1.54, 1.807) is 6.92 Å². The Balaban J connectivity index is 2.41. The number of carbonyl (C=O) groups excluding carboxylic acids is 2. The Kier molecular flexibility index (Phi) is 7.06. The van der Waals surface area contributed by atoms with Gasteiger partial charge in [0.1, 0.15) is 0 Å². The molecule has 110 valence electrons. The van der Waals surface area contributed by atoms with E-state index in [4.69, 9.17) is 0 Å². The van der Waals surface area contributed by atoms with Crippen molar-refractivity contribution >= 4 is 11.7 Å². The summed E-state index contributed by atoms with van der Waals surface area (Å²) in [6, 6.07) is -0.345. The predicted molar refractivity (Wildman–Crippen MR) is 77.0 cm³/mol. The van der Waals surface area contributed by atoms with E-state index in [9.17, 15) is 9.59 Å². The SMILES string of the molecule is CC(=O)C(NC(=O)CN1CCCCCCC1)C(C)C. The lowest BCUT2D eigenvalue weighted by Crippen LogP contribution is -2.47. The second-order valence-electron chi connectivity index (χ2n) is 5.94. The van der Waals surface area contributed by atoms with E-state index in [-0.39, 0.29) is 23.7 Å². The average Bonchev–Trinajstić information content (AvgIpc) is 2.28. The Labute approximate surface area is 116 Å². The molecule has 0 aromatic carbocycles. The molecular weight excluding hydrogens is 240 g/mol. The fourth-order valence-electron chi connectivity index (χ4n) is 2.63. The molecule has 4 nitrogen and oxygen atoms in total. The van der Waals surface area contributed by atoms with Gasteiger partial charge in [0.2, 0.25) is 5.91 Å². The predicted octanol–water partition coefficient (Wildman–Crippen LogP) is 1.98. The monoisotopic (exact) mass is 268 g/mol. The number of nitrogens with zero attached hydrogens (tertiary/aromatic N) is 1. The number of rotatable bonds is 5. The number of carbonyl (C=O) groups is 2. The van der Waals surface area contributed by atoms with Crippen molar-refractivity contribution in [2.24, 2.45) is 5.92 Å². The van der Waals surface area contributed by atoms with E-state index in [0.29, 0.717) is 6.54 Å². The largest absolute Gasteiger partial charge is 0.345 e. The molecule has 1 aliphatic heterocycles. The Hall–Kier alpha value is -0.900. The van der Waals surface area contributed by atoms with Gasteiger partial charge in [0.05, 0.1) is 12.6 Å². The zero-order valence-electron chi connectivity index (χ0n) is 12.6. The van der Waals surface area contributed by atoms with Crippen molar-refractivity contribution in [1.29, 1.82) is 0 Å². The van der Waals surface area contributed by atoms with Gasteiger partial charge in [-0.05, 0) is 38.8 Å². The number of nitrogens with one attached hydrogen (secondary N) is 1. The number of likely N-dealkylation sites (tertiary alicyclic amines) is 1. The highest BCUT2D eigenvalue weighted by molar-refractivity contribution is 5.88. The first kappa shape index (κ1) is 16.2. The van der Waals surface area contributed by atoms with Crippen molar-refractivity contribution in [2.45, 2.75) is 58.9 Å². The molecule has 19 heavy (non-hydrogen) atoms.